The molecule has 2 aromatic rings. The van der Waals surface area contributed by atoms with Crippen LogP contribution in [-0.4, -0.2) is 22.4 Å². The number of hydrogen-bond acceptors (Lipinski definition) is 4. The molecule has 0 amide bonds. The van der Waals surface area contributed by atoms with E-state index in [9.17, 15) is 9.59 Å². The summed E-state index contributed by atoms with van der Waals surface area (Å²) in [6, 6.07) is 3.64. The number of hydrogen-bond donors (Lipinski definition) is 0. The van der Waals surface area contributed by atoms with E-state index in [2.05, 4.69) is 21.0 Å². The van der Waals surface area contributed by atoms with E-state index in [-0.39, 0.29) is 5.56 Å². The molecule has 1 aromatic heterocycles. The maximum Gasteiger partial charge on any atom is 0.330 e. The minimum atomic E-state index is -0.414. The number of nitrogens with zero attached hydrogens (tertiary/aromatic N) is 2. The zero-order valence-electron chi connectivity index (χ0n) is 12.5. The van der Waals surface area contributed by atoms with Crippen molar-refractivity contribution in [3.05, 3.63) is 44.8 Å². The fourth-order valence-corrected chi connectivity index (χ4v) is 2.46. The van der Waals surface area contributed by atoms with Gasteiger partial charge in [-0.05, 0) is 18.6 Å². The Balaban J connectivity index is 2.38. The molecule has 0 radical (unpaired) electrons. The van der Waals surface area contributed by atoms with Crippen LogP contribution in [0.3, 0.4) is 0 Å². The molecule has 0 saturated heterocycles. The first-order chi connectivity index (χ1) is 10.5. The summed E-state index contributed by atoms with van der Waals surface area (Å²) in [5, 5.41) is 5.24. The van der Waals surface area contributed by atoms with Gasteiger partial charge in [-0.1, -0.05) is 35.3 Å². The smallest absolute Gasteiger partial charge is 0.330 e. The molecule has 1 heterocycles. The van der Waals surface area contributed by atoms with Crippen LogP contribution >= 0.6 is 15.9 Å². The summed E-state index contributed by atoms with van der Waals surface area (Å²) in [5.41, 5.74) is 0.436. The summed E-state index contributed by atoms with van der Waals surface area (Å²) < 4.78 is 7.08. The third-order valence-corrected chi connectivity index (χ3v) is 3.92. The third kappa shape index (κ3) is 3.62. The van der Waals surface area contributed by atoms with Gasteiger partial charge in [0.05, 0.1) is 18.2 Å². The number of aromatic nitrogens is 2. The second-order valence-corrected chi connectivity index (χ2v) is 5.71. The molecular weight excluding hydrogens is 348 g/mol. The summed E-state index contributed by atoms with van der Waals surface area (Å²) in [6.45, 7) is 2.43. The van der Waals surface area contributed by atoms with Crippen LogP contribution in [0.2, 0.25) is 0 Å². The number of aryl methyl sites for hydroxylation is 1. The van der Waals surface area contributed by atoms with Crippen molar-refractivity contribution in [3.63, 3.8) is 0 Å². The summed E-state index contributed by atoms with van der Waals surface area (Å²) in [6.07, 6.45) is 6.37. The topological polar surface area (TPSA) is 61.2 Å². The highest BCUT2D eigenvalue weighted by molar-refractivity contribution is 9.10. The molecule has 22 heavy (non-hydrogen) atoms. The SMILES string of the molecule is CCCCOC(=O)/C=C/c1c(Br)ccc2cnn(C)c(=O)c12. The number of halogens is 1. The molecule has 5 nitrogen and oxygen atoms in total. The average molecular weight is 365 g/mol. The largest absolute Gasteiger partial charge is 0.463 e. The zero-order valence-corrected chi connectivity index (χ0v) is 14.1. The van der Waals surface area contributed by atoms with E-state index in [1.807, 2.05) is 19.1 Å². The minimum Gasteiger partial charge on any atom is -0.463 e. The molecule has 0 atom stereocenters. The van der Waals surface area contributed by atoms with Crippen molar-refractivity contribution < 1.29 is 9.53 Å². The molecule has 0 aliphatic carbocycles. The number of ether oxygens (including phenoxy) is 1. The Hall–Kier alpha value is -1.95. The maximum atomic E-state index is 12.3. The van der Waals surface area contributed by atoms with Crippen LogP contribution in [0.1, 0.15) is 25.3 Å². The highest BCUT2D eigenvalue weighted by Crippen LogP contribution is 2.25. The fourth-order valence-electron chi connectivity index (χ4n) is 2.00. The van der Waals surface area contributed by atoms with Gasteiger partial charge in [0.1, 0.15) is 0 Å². The molecule has 0 fully saturated rings. The van der Waals surface area contributed by atoms with Crippen molar-refractivity contribution in [2.45, 2.75) is 19.8 Å². The lowest BCUT2D eigenvalue weighted by Crippen LogP contribution is -2.19. The number of esters is 1. The predicted molar refractivity (Wildman–Crippen MR) is 89.6 cm³/mol. The average Bonchev–Trinajstić information content (AvgIpc) is 2.50. The molecule has 0 spiro atoms. The van der Waals surface area contributed by atoms with Crippen LogP contribution in [0, 0.1) is 0 Å². The minimum absolute atomic E-state index is 0.210. The summed E-state index contributed by atoms with van der Waals surface area (Å²) in [7, 11) is 1.59. The van der Waals surface area contributed by atoms with Gasteiger partial charge in [0.15, 0.2) is 0 Å². The number of rotatable bonds is 5. The van der Waals surface area contributed by atoms with Crippen LogP contribution in [-0.2, 0) is 16.6 Å². The van der Waals surface area contributed by atoms with E-state index < -0.39 is 5.97 Å². The first kappa shape index (κ1) is 16.4. The Morgan fingerprint density at radius 1 is 1.45 bits per heavy atom. The molecule has 0 unspecified atom stereocenters. The van der Waals surface area contributed by atoms with Crippen molar-refractivity contribution in [2.75, 3.05) is 6.61 Å². The van der Waals surface area contributed by atoms with Crippen LogP contribution in [0.4, 0.5) is 0 Å². The Bertz CT molecular complexity index is 776. The molecular formula is C16H17BrN2O3. The normalized spacial score (nSPS) is 11.2. The van der Waals surface area contributed by atoms with Gasteiger partial charge in [-0.3, -0.25) is 4.79 Å². The molecule has 0 aliphatic rings. The number of carbonyl (C=O) groups is 1. The summed E-state index contributed by atoms with van der Waals surface area (Å²) in [4.78, 5) is 24.0. The van der Waals surface area contributed by atoms with Crippen molar-refractivity contribution in [3.8, 4) is 0 Å². The molecule has 6 heteroatoms. The van der Waals surface area contributed by atoms with E-state index in [0.29, 0.717) is 17.6 Å². The lowest BCUT2D eigenvalue weighted by molar-refractivity contribution is -0.137. The molecule has 0 saturated carbocycles. The van der Waals surface area contributed by atoms with Crippen LogP contribution in [0.15, 0.2) is 33.7 Å². The van der Waals surface area contributed by atoms with Gasteiger partial charge in [0.25, 0.3) is 5.56 Å². The van der Waals surface area contributed by atoms with Gasteiger partial charge in [-0.2, -0.15) is 5.10 Å². The van der Waals surface area contributed by atoms with Gasteiger partial charge in [0, 0.05) is 28.5 Å². The Labute approximate surface area is 136 Å². The number of unbranched alkanes of at least 4 members (excludes halogenated alkanes) is 1. The standard InChI is InChI=1S/C16H17BrN2O3/c1-3-4-9-22-14(20)8-6-12-13(17)7-5-11-10-18-19(2)16(21)15(11)12/h5-8,10H,3-4,9H2,1-2H3/b8-6+. The second kappa shape index (κ2) is 7.35. The monoisotopic (exact) mass is 364 g/mol. The van der Waals surface area contributed by atoms with Gasteiger partial charge < -0.3 is 4.74 Å². The molecule has 1 aromatic carbocycles. The summed E-state index contributed by atoms with van der Waals surface area (Å²) in [5.74, 6) is -0.414. The number of benzene rings is 1. The van der Waals surface area contributed by atoms with Gasteiger partial charge in [-0.25, -0.2) is 9.48 Å². The third-order valence-electron chi connectivity index (χ3n) is 3.23. The van der Waals surface area contributed by atoms with E-state index in [4.69, 9.17) is 4.74 Å². The molecule has 0 bridgehead atoms. The maximum absolute atomic E-state index is 12.3. The highest BCUT2D eigenvalue weighted by atomic mass is 79.9. The van der Waals surface area contributed by atoms with Crippen LogP contribution in [0.25, 0.3) is 16.8 Å². The quantitative estimate of drug-likeness (QED) is 0.464. The van der Waals surface area contributed by atoms with Crippen molar-refractivity contribution in [2.24, 2.45) is 7.05 Å². The first-order valence-electron chi connectivity index (χ1n) is 7.04. The van der Waals surface area contributed by atoms with Crippen LogP contribution in [0.5, 0.6) is 0 Å². The van der Waals surface area contributed by atoms with E-state index >= 15 is 0 Å². The van der Waals surface area contributed by atoms with Crippen molar-refractivity contribution in [1.82, 2.24) is 9.78 Å². The van der Waals surface area contributed by atoms with Crippen LogP contribution < -0.4 is 5.56 Å². The zero-order chi connectivity index (χ0) is 16.1. The molecule has 0 aliphatic heterocycles. The number of fused-ring (bicyclic) bond motifs is 1. The van der Waals surface area contributed by atoms with E-state index in [1.54, 1.807) is 19.3 Å². The predicted octanol–water partition coefficient (Wildman–Crippen LogP) is 3.05. The second-order valence-electron chi connectivity index (χ2n) is 4.85. The molecule has 0 N–H and O–H groups in total. The lowest BCUT2D eigenvalue weighted by atomic mass is 10.1. The Kier molecular flexibility index (Phi) is 5.49. The van der Waals surface area contributed by atoms with Gasteiger partial charge in [0.2, 0.25) is 0 Å². The van der Waals surface area contributed by atoms with Gasteiger partial charge in [-0.15, -0.1) is 0 Å². The molecule has 2 rings (SSSR count). The lowest BCUT2D eigenvalue weighted by Gasteiger charge is -2.06. The van der Waals surface area contributed by atoms with Crippen molar-refractivity contribution in [1.29, 1.82) is 0 Å². The Morgan fingerprint density at radius 3 is 2.95 bits per heavy atom. The number of carbonyl (C=O) groups excluding carboxylic acids is 1. The van der Waals surface area contributed by atoms with Gasteiger partial charge >= 0.3 is 5.97 Å². The highest BCUT2D eigenvalue weighted by Gasteiger charge is 2.09. The Morgan fingerprint density at radius 2 is 2.23 bits per heavy atom. The molecule has 116 valence electrons. The first-order valence-corrected chi connectivity index (χ1v) is 7.83. The van der Waals surface area contributed by atoms with Crippen molar-refractivity contribution >= 4 is 38.7 Å². The summed E-state index contributed by atoms with van der Waals surface area (Å²) >= 11 is 3.42. The van der Waals surface area contributed by atoms with E-state index in [0.717, 1.165) is 22.7 Å². The van der Waals surface area contributed by atoms with E-state index in [1.165, 1.54) is 10.8 Å². The fraction of sp³-hybridized carbons (Fsp3) is 0.312.